The molecule has 1 aromatic rings. The molecular formula is C15H20N2O3. The number of carbonyl (C=O) groups excluding carboxylic acids is 2. The molecule has 20 heavy (non-hydrogen) atoms. The largest absolute Gasteiger partial charge is 0.482 e. The third-order valence-electron chi connectivity index (χ3n) is 3.21. The number of unbranched alkanes of at least 4 members (excludes halogenated alkanes) is 1. The maximum absolute atomic E-state index is 11.9. The Balaban J connectivity index is 2.07. The van der Waals surface area contributed by atoms with Crippen molar-refractivity contribution in [2.24, 2.45) is 0 Å². The summed E-state index contributed by atoms with van der Waals surface area (Å²) in [6.45, 7) is 4.70. The zero-order chi connectivity index (χ0) is 14.5. The molecule has 108 valence electrons. The Morgan fingerprint density at radius 1 is 1.45 bits per heavy atom. The Morgan fingerprint density at radius 2 is 2.25 bits per heavy atom. The lowest BCUT2D eigenvalue weighted by molar-refractivity contribution is -0.125. The Bertz CT molecular complexity index is 514. The molecule has 0 bridgehead atoms. The zero-order valence-corrected chi connectivity index (χ0v) is 11.9. The predicted octanol–water partition coefficient (Wildman–Crippen LogP) is 1.64. The highest BCUT2D eigenvalue weighted by Crippen LogP contribution is 2.32. The number of ether oxygens (including phenoxy) is 1. The number of carbonyl (C=O) groups is 2. The van der Waals surface area contributed by atoms with Crippen LogP contribution >= 0.6 is 0 Å². The normalized spacial score (nSPS) is 13.7. The molecule has 1 aliphatic heterocycles. The van der Waals surface area contributed by atoms with E-state index in [2.05, 4.69) is 12.2 Å². The number of nitrogens with zero attached hydrogens (tertiary/aromatic N) is 1. The summed E-state index contributed by atoms with van der Waals surface area (Å²) >= 11 is 0. The van der Waals surface area contributed by atoms with E-state index in [0.717, 1.165) is 18.4 Å². The van der Waals surface area contributed by atoms with Crippen molar-refractivity contribution in [1.29, 1.82) is 0 Å². The van der Waals surface area contributed by atoms with Crippen molar-refractivity contribution in [3.8, 4) is 5.75 Å². The van der Waals surface area contributed by atoms with Gasteiger partial charge in [0, 0.05) is 6.54 Å². The maximum Gasteiger partial charge on any atom is 0.265 e. The van der Waals surface area contributed by atoms with Crippen molar-refractivity contribution < 1.29 is 14.3 Å². The van der Waals surface area contributed by atoms with Gasteiger partial charge in [-0.1, -0.05) is 19.4 Å². The van der Waals surface area contributed by atoms with Gasteiger partial charge in [-0.3, -0.25) is 14.5 Å². The van der Waals surface area contributed by atoms with Crippen LogP contribution in [0.4, 0.5) is 5.69 Å². The first-order chi connectivity index (χ1) is 9.61. The fourth-order valence-corrected chi connectivity index (χ4v) is 2.09. The van der Waals surface area contributed by atoms with E-state index in [-0.39, 0.29) is 25.0 Å². The first kappa shape index (κ1) is 14.4. The van der Waals surface area contributed by atoms with Crippen LogP contribution < -0.4 is 15.0 Å². The lowest BCUT2D eigenvalue weighted by Crippen LogP contribution is -2.45. The minimum Gasteiger partial charge on any atom is -0.482 e. The lowest BCUT2D eigenvalue weighted by atomic mass is 10.1. The average Bonchev–Trinajstić information content (AvgIpc) is 2.42. The van der Waals surface area contributed by atoms with E-state index < -0.39 is 0 Å². The fraction of sp³-hybridized carbons (Fsp3) is 0.467. The predicted molar refractivity (Wildman–Crippen MR) is 76.9 cm³/mol. The molecule has 5 heteroatoms. The Kier molecular flexibility index (Phi) is 4.61. The highest BCUT2D eigenvalue weighted by atomic mass is 16.5. The molecule has 0 fully saturated rings. The number of amides is 2. The summed E-state index contributed by atoms with van der Waals surface area (Å²) in [5.74, 6) is 0.332. The summed E-state index contributed by atoms with van der Waals surface area (Å²) < 4.78 is 5.40. The molecule has 1 aromatic carbocycles. The van der Waals surface area contributed by atoms with Crippen LogP contribution in [0.3, 0.4) is 0 Å². The van der Waals surface area contributed by atoms with Gasteiger partial charge in [0.1, 0.15) is 12.3 Å². The number of anilines is 1. The Hall–Kier alpha value is -2.04. The molecule has 0 aromatic heterocycles. The summed E-state index contributed by atoms with van der Waals surface area (Å²) in [4.78, 5) is 25.3. The third kappa shape index (κ3) is 3.29. The average molecular weight is 276 g/mol. The number of aryl methyl sites for hydroxylation is 1. The van der Waals surface area contributed by atoms with E-state index in [4.69, 9.17) is 4.74 Å². The molecule has 0 saturated carbocycles. The number of rotatable bonds is 5. The maximum atomic E-state index is 11.9. The molecule has 0 unspecified atom stereocenters. The van der Waals surface area contributed by atoms with Gasteiger partial charge in [0.15, 0.2) is 6.61 Å². The van der Waals surface area contributed by atoms with Gasteiger partial charge in [0.25, 0.3) is 5.91 Å². The second kappa shape index (κ2) is 6.41. The standard InChI is InChI=1S/C15H20N2O3/c1-3-4-7-16-14(18)9-17-12-6-5-11(2)8-13(12)20-10-15(17)19/h5-6,8H,3-4,7,9-10H2,1-2H3,(H,16,18). The van der Waals surface area contributed by atoms with Crippen molar-refractivity contribution in [3.05, 3.63) is 23.8 Å². The van der Waals surface area contributed by atoms with Crippen molar-refractivity contribution in [2.45, 2.75) is 26.7 Å². The van der Waals surface area contributed by atoms with Gasteiger partial charge in [-0.25, -0.2) is 0 Å². The molecule has 0 atom stereocenters. The van der Waals surface area contributed by atoms with Gasteiger partial charge in [0.05, 0.1) is 5.69 Å². The molecule has 1 aliphatic rings. The molecule has 2 rings (SSSR count). The number of fused-ring (bicyclic) bond motifs is 1. The Morgan fingerprint density at radius 3 is 3.00 bits per heavy atom. The fourth-order valence-electron chi connectivity index (χ4n) is 2.09. The van der Waals surface area contributed by atoms with Gasteiger partial charge in [-0.2, -0.15) is 0 Å². The van der Waals surface area contributed by atoms with Crippen LogP contribution in [0.15, 0.2) is 18.2 Å². The van der Waals surface area contributed by atoms with Crippen molar-refractivity contribution in [1.82, 2.24) is 5.32 Å². The van der Waals surface area contributed by atoms with Gasteiger partial charge < -0.3 is 10.1 Å². The van der Waals surface area contributed by atoms with E-state index >= 15 is 0 Å². The molecule has 0 aliphatic carbocycles. The molecule has 1 heterocycles. The first-order valence-electron chi connectivity index (χ1n) is 6.92. The van der Waals surface area contributed by atoms with E-state index in [1.165, 1.54) is 4.90 Å². The molecule has 1 N–H and O–H groups in total. The van der Waals surface area contributed by atoms with Crippen LogP contribution in [0.5, 0.6) is 5.75 Å². The van der Waals surface area contributed by atoms with Crippen LogP contribution in [0.25, 0.3) is 0 Å². The second-order valence-corrected chi connectivity index (χ2v) is 4.94. The summed E-state index contributed by atoms with van der Waals surface area (Å²) in [6, 6.07) is 5.60. The number of benzene rings is 1. The zero-order valence-electron chi connectivity index (χ0n) is 11.9. The highest BCUT2D eigenvalue weighted by Gasteiger charge is 2.27. The van der Waals surface area contributed by atoms with Crippen molar-refractivity contribution in [3.63, 3.8) is 0 Å². The lowest BCUT2D eigenvalue weighted by Gasteiger charge is -2.29. The summed E-state index contributed by atoms with van der Waals surface area (Å²) in [5.41, 5.74) is 1.72. The molecule has 2 amide bonds. The van der Waals surface area contributed by atoms with Crippen LogP contribution in [0.1, 0.15) is 25.3 Å². The number of hydrogen-bond acceptors (Lipinski definition) is 3. The molecule has 5 nitrogen and oxygen atoms in total. The van der Waals surface area contributed by atoms with Gasteiger partial charge in [-0.05, 0) is 31.0 Å². The highest BCUT2D eigenvalue weighted by molar-refractivity contribution is 6.02. The van der Waals surface area contributed by atoms with Crippen LogP contribution in [0, 0.1) is 6.92 Å². The van der Waals surface area contributed by atoms with E-state index in [9.17, 15) is 9.59 Å². The summed E-state index contributed by atoms with van der Waals surface area (Å²) in [5, 5.41) is 2.82. The molecule has 0 radical (unpaired) electrons. The molecule has 0 spiro atoms. The SMILES string of the molecule is CCCCNC(=O)CN1C(=O)COc2cc(C)ccc21. The van der Waals surface area contributed by atoms with Gasteiger partial charge in [0.2, 0.25) is 5.91 Å². The Labute approximate surface area is 118 Å². The summed E-state index contributed by atoms with van der Waals surface area (Å²) in [7, 11) is 0. The first-order valence-corrected chi connectivity index (χ1v) is 6.92. The van der Waals surface area contributed by atoms with Gasteiger partial charge >= 0.3 is 0 Å². The number of nitrogens with one attached hydrogen (secondary N) is 1. The van der Waals surface area contributed by atoms with E-state index in [1.807, 2.05) is 25.1 Å². The third-order valence-corrected chi connectivity index (χ3v) is 3.21. The van der Waals surface area contributed by atoms with Crippen LogP contribution in [-0.4, -0.2) is 31.5 Å². The van der Waals surface area contributed by atoms with Crippen LogP contribution in [-0.2, 0) is 9.59 Å². The topological polar surface area (TPSA) is 58.6 Å². The monoisotopic (exact) mass is 276 g/mol. The summed E-state index contributed by atoms with van der Waals surface area (Å²) in [6.07, 6.45) is 1.97. The van der Waals surface area contributed by atoms with Gasteiger partial charge in [-0.15, -0.1) is 0 Å². The van der Waals surface area contributed by atoms with Crippen LogP contribution in [0.2, 0.25) is 0 Å². The molecular weight excluding hydrogens is 256 g/mol. The quantitative estimate of drug-likeness (QED) is 0.832. The molecule has 0 saturated heterocycles. The minimum absolute atomic E-state index is 0.0152. The van der Waals surface area contributed by atoms with E-state index in [0.29, 0.717) is 18.0 Å². The van der Waals surface area contributed by atoms with E-state index in [1.54, 1.807) is 0 Å². The second-order valence-electron chi connectivity index (χ2n) is 4.94. The minimum atomic E-state index is -0.188. The van der Waals surface area contributed by atoms with Crippen molar-refractivity contribution in [2.75, 3.05) is 24.6 Å². The number of hydrogen-bond donors (Lipinski definition) is 1. The smallest absolute Gasteiger partial charge is 0.265 e. The van der Waals surface area contributed by atoms with Crippen molar-refractivity contribution >= 4 is 17.5 Å².